The van der Waals surface area contributed by atoms with Crippen LogP contribution in [-0.2, 0) is 168 Å². The highest BCUT2D eigenvalue weighted by molar-refractivity contribution is 6.03. The number of H-pyrrole nitrogens is 5. The number of rotatable bonds is 1. The summed E-state index contributed by atoms with van der Waals surface area (Å²) >= 11 is 0. The minimum Gasteiger partial charge on any atom is -0.515 e. The molecule has 790 valence electrons. The number of ketones is 5. The number of hydrogen-bond donors (Lipinski definition) is 6. The Hall–Kier alpha value is -9.13. The van der Waals surface area contributed by atoms with Crippen LogP contribution in [-0.4, -0.2) is 164 Å². The van der Waals surface area contributed by atoms with E-state index >= 15 is 0 Å². The van der Waals surface area contributed by atoms with Crippen molar-refractivity contribution >= 4 is 34.9 Å². The number of aryl methyl sites for hydroxylation is 5. The lowest BCUT2D eigenvalue weighted by Gasteiger charge is -2.59. The van der Waals surface area contributed by atoms with Gasteiger partial charge in [0.2, 0.25) is 5.78 Å². The van der Waals surface area contributed by atoms with Crippen molar-refractivity contribution in [1.82, 2.24) is 54.1 Å². The molecule has 3 spiro atoms. The molecule has 0 amide bonds. The number of Topliss-reactive ketones (excluding diaryl/α,β-unsaturated/α-hetero) is 5. The van der Waals surface area contributed by atoms with E-state index in [1.807, 2.05) is 47.9 Å². The molecule has 2 unspecified atom stereocenters. The quantitative estimate of drug-likeness (QED) is 0.0293. The Bertz CT molecular complexity index is 6480. The summed E-state index contributed by atoms with van der Waals surface area (Å²) in [6.07, 6.45) is 24.1. The van der Waals surface area contributed by atoms with Crippen molar-refractivity contribution in [3.63, 3.8) is 0 Å². The van der Waals surface area contributed by atoms with E-state index in [0.29, 0.717) is 132 Å². The largest absolute Gasteiger partial charge is 0.515 e. The van der Waals surface area contributed by atoms with Gasteiger partial charge in [-0.15, -0.1) is 0 Å². The summed E-state index contributed by atoms with van der Waals surface area (Å²) in [6, 6.07) is -0.601. The maximum absolute atomic E-state index is 13.0. The van der Waals surface area contributed by atoms with Crippen LogP contribution in [0.3, 0.4) is 0 Å². The van der Waals surface area contributed by atoms with Crippen molar-refractivity contribution < 1.29 is 71.6 Å². The van der Waals surface area contributed by atoms with Gasteiger partial charge in [-0.3, -0.25) is 102 Å². The lowest BCUT2D eigenvalue weighted by atomic mass is 9.48. The van der Waals surface area contributed by atoms with Gasteiger partial charge in [-0.2, -0.15) is 0 Å². The fourth-order valence-corrected chi connectivity index (χ4v) is 34.0. The van der Waals surface area contributed by atoms with E-state index in [9.17, 15) is 57.8 Å². The Morgan fingerprint density at radius 1 is 0.396 bits per heavy atom. The predicted octanol–water partition coefficient (Wildman–Crippen LogP) is 15.1. The van der Waals surface area contributed by atoms with Crippen LogP contribution in [0.15, 0.2) is 46.5 Å². The molecule has 0 aromatic carbocycles. The Balaban J connectivity index is 0.000000115. The summed E-state index contributed by atoms with van der Waals surface area (Å²) < 4.78 is 54.5. The van der Waals surface area contributed by atoms with Gasteiger partial charge in [0.05, 0.1) is 59.2 Å². The average Bonchev–Trinajstić information content (AvgIpc) is 1.47. The molecule has 11 fully saturated rings. The molecule has 32 nitrogen and oxygen atoms in total. The van der Waals surface area contributed by atoms with Crippen LogP contribution in [0.5, 0.6) is 0 Å². The second-order valence-electron chi connectivity index (χ2n) is 51.5. The Labute approximate surface area is 845 Å². The minimum absolute atomic E-state index is 0.00192. The summed E-state index contributed by atoms with van der Waals surface area (Å²) in [5.74, 6) is 1.59. The van der Waals surface area contributed by atoms with Gasteiger partial charge in [0.1, 0.15) is 23.2 Å². The van der Waals surface area contributed by atoms with Crippen LogP contribution in [0.2, 0.25) is 0 Å². The second-order valence-corrected chi connectivity index (χ2v) is 51.5. The number of carbonyl (C=O) groups excluding carboxylic acids is 6. The molecule has 6 N–H and O–H groups in total. The van der Waals surface area contributed by atoms with Gasteiger partial charge in [0.25, 0.3) is 33.8 Å². The molecule has 0 radical (unpaired) electrons. The normalized spacial score (nSPS) is 35.1. The predicted molar refractivity (Wildman–Crippen MR) is 540 cm³/mol. The molecule has 14 aliphatic carbocycles. The average molecular weight is 2000 g/mol. The Morgan fingerprint density at radius 2 is 0.750 bits per heavy atom. The number of allylic oxidation sites excluding steroid dienone is 1. The third-order valence-corrected chi connectivity index (χ3v) is 41.9. The topological polar surface area (TPSA) is 407 Å². The second kappa shape index (κ2) is 36.1. The maximum atomic E-state index is 13.0. The number of ether oxygens (including phenoxy) is 7. The van der Waals surface area contributed by atoms with Crippen LogP contribution in [0, 0.1) is 97.2 Å². The number of nitrogens with one attached hydrogen (secondary N) is 5. The lowest BCUT2D eigenvalue weighted by molar-refractivity contribution is -0.283. The summed E-state index contributed by atoms with van der Waals surface area (Å²) in [6.45, 7) is 56.4. The molecule has 32 heteroatoms. The number of fused-ring (bicyclic) bond motifs is 18. The molecule has 23 rings (SSSR count). The number of methoxy groups -OCH3 is 1. The molecule has 6 aromatic rings. The fourth-order valence-electron chi connectivity index (χ4n) is 34.0. The van der Waals surface area contributed by atoms with Gasteiger partial charge >= 0.3 is 5.97 Å². The number of aliphatic hydroxyl groups excluding tert-OH is 1. The van der Waals surface area contributed by atoms with E-state index in [2.05, 4.69) is 146 Å². The van der Waals surface area contributed by atoms with Crippen LogP contribution < -0.4 is 27.8 Å². The summed E-state index contributed by atoms with van der Waals surface area (Å²) in [4.78, 5) is 139. The zero-order chi connectivity index (χ0) is 105. The molecule has 16 atom stereocenters. The van der Waals surface area contributed by atoms with E-state index < -0.39 is 51.5 Å². The zero-order valence-corrected chi connectivity index (χ0v) is 90.8. The van der Waals surface area contributed by atoms with Crippen molar-refractivity contribution in [2.75, 3.05) is 46.8 Å². The number of nitrogens with zero attached hydrogens (tertiary/aromatic N) is 7. The highest BCUT2D eigenvalue weighted by Crippen LogP contribution is 2.68. The number of aromatic amines is 5. The molecule has 3 aliphatic heterocycles. The first-order valence-corrected chi connectivity index (χ1v) is 53.3. The smallest absolute Gasteiger partial charge is 0.316 e. The summed E-state index contributed by atoms with van der Waals surface area (Å²) in [7, 11) is 10.2. The van der Waals surface area contributed by atoms with Gasteiger partial charge in [0.15, 0.2) is 28.9 Å². The maximum Gasteiger partial charge on any atom is 0.316 e. The van der Waals surface area contributed by atoms with Crippen LogP contribution in [0.25, 0.3) is 4.85 Å². The molecule has 6 aromatic heterocycles. The number of aromatic nitrogens is 11. The molecule has 9 heterocycles. The molecular weight excluding hydrogens is 1830 g/mol. The zero-order valence-electron chi connectivity index (χ0n) is 90.8. The first kappa shape index (κ1) is 106. The first-order valence-electron chi connectivity index (χ1n) is 53.3. The van der Waals surface area contributed by atoms with Crippen molar-refractivity contribution in [3.05, 3.63) is 149 Å². The lowest BCUT2D eigenvalue weighted by Crippen LogP contribution is -2.63. The molecule has 3 saturated heterocycles. The van der Waals surface area contributed by atoms with Gasteiger partial charge in [-0.05, 0) is 170 Å². The first-order chi connectivity index (χ1) is 67.1. The fraction of sp³-hybridized carbons (Fsp3) is 0.759. The highest BCUT2D eigenvalue weighted by atomic mass is 16.8. The number of aliphatic hydroxyl groups is 1. The monoisotopic (exact) mass is 2000 g/mol. The van der Waals surface area contributed by atoms with Gasteiger partial charge in [0, 0.05) is 217 Å². The SMILES string of the molecule is CC1(C)[C@@H]2CCCC(=O)[C@@]2(C)CCC12OCCO2.COC(=O)C1CC[C@H]2C(C)(C)C3(CC[C@]2(C)C1=O)OCCO3.Cn1[nH]c2c(c1=O)CC[C@H]1C(C)(C)C(=O)/C(=C\O)C[C@]21C.Cn1[nH]c2c(c1=O)CC[C@H]1C(C)(C)C(=O)CC[C@]21C.Cn1[nH]c2c(c1=O)CC[C@H]1C(C)(C)C3(CC[C@]21C)OCCO3.Cn1[nH]c2c(c1=O)CC[C@H]1C(C)(C)c3oncc3C[C@]21C.[C-]#[N+]C1C[C@]2(C)c3[nH]n(C)c(=O)c3CC[C@H]2C(C)(C)C1=O. The van der Waals surface area contributed by atoms with E-state index in [1.165, 1.54) is 22.0 Å². The van der Waals surface area contributed by atoms with Gasteiger partial charge in [-0.1, -0.05) is 151 Å². The van der Waals surface area contributed by atoms with Gasteiger partial charge < -0.3 is 47.6 Å². The van der Waals surface area contributed by atoms with Crippen molar-refractivity contribution in [3.8, 4) is 0 Å². The van der Waals surface area contributed by atoms with E-state index in [0.717, 1.165) is 184 Å². The van der Waals surface area contributed by atoms with Crippen molar-refractivity contribution in [1.29, 1.82) is 0 Å². The molecular formula is C112H162N12O20. The molecule has 0 bridgehead atoms. The van der Waals surface area contributed by atoms with Crippen molar-refractivity contribution in [2.24, 2.45) is 126 Å². The Kier molecular flexibility index (Phi) is 26.6. The van der Waals surface area contributed by atoms with Crippen molar-refractivity contribution in [2.45, 2.75) is 368 Å². The van der Waals surface area contributed by atoms with Crippen LogP contribution in [0.4, 0.5) is 0 Å². The number of hydrogen-bond acceptors (Lipinski definition) is 21. The molecule has 144 heavy (non-hydrogen) atoms. The van der Waals surface area contributed by atoms with Crippen LogP contribution >= 0.6 is 0 Å². The molecule has 8 saturated carbocycles. The number of esters is 1. The summed E-state index contributed by atoms with van der Waals surface area (Å²) in [5, 5.41) is 29.8. The number of carbonyl (C=O) groups is 6. The van der Waals surface area contributed by atoms with E-state index in [-0.39, 0.29) is 122 Å². The third kappa shape index (κ3) is 15.6. The highest BCUT2D eigenvalue weighted by Gasteiger charge is 2.70. The van der Waals surface area contributed by atoms with E-state index in [1.54, 1.807) is 42.2 Å². The standard InChI is InChI=1S/C17H26N2O3.C17H26O5.2C16H21N3O2.C16H22N2O3.C15H22N2O2.C15H24O3/c1-15(2)12-6-5-11-13(18-19(4)14(11)20)16(12,3)7-8-17(15)21-9-10-22-17;1-15(2)12-6-5-11(14(19)20-4)13(18)16(12,3)7-8-17(15)21-9-10-22-17;1-15(2)11-6-5-10-12(18-19(4)14(10)20)16(11,3)7-9-8-17-21-13(9)15;1-15(2)11-7-6-9-12(18-19(5)14(9)21)16(11,3)8-10(17-4)13(15)20;1-15(2)11-6-5-10-12(17-18(4)14(10)21)16(11,3)7-9(8-19)13(15)20;1-14(2)10-6-5-9-12(16-17(4)13(9)19)15(10,3)8-7-11(14)18;1-13(2)11-5-4-6-12(16)14(11,3)7-8-15(13)17-9-10-18-15/h12,18H,5-10H2,1-4H3;11-12H,5-10H2,1-4H3;8,11,18H,5-7H2,1-4H3;10-11,18H,6-8H2,1-3,5H3;8,11,17,19H,5-7H2,1-4H3;10,16H,5-8H2,1-4H3;11H,4-10H2,1-3H3/b;;;;9-8-;;/t12-,16-;11?,12-,16-;11-,16-;10?,11-,16-;11-,16-;10-,15-;11-,14-/m0000000/s1. The third-order valence-electron chi connectivity index (χ3n) is 41.9. The van der Waals surface area contributed by atoms with Crippen LogP contribution in [0.1, 0.15) is 341 Å². The summed E-state index contributed by atoms with van der Waals surface area (Å²) in [5.41, 5.74) is 8.63. The molecule has 17 aliphatic rings. The van der Waals surface area contributed by atoms with Gasteiger partial charge in [-0.25, -0.2) is 6.57 Å². The minimum atomic E-state index is -0.610. The van der Waals surface area contributed by atoms with E-state index in [4.69, 9.17) is 44.3 Å². The Morgan fingerprint density at radius 3 is 1.17 bits per heavy atom.